The number of likely N-dealkylation sites (tertiary alicyclic amines) is 1. The molecule has 2 aliphatic rings. The second-order valence-electron chi connectivity index (χ2n) is 9.34. The summed E-state index contributed by atoms with van der Waals surface area (Å²) in [6.07, 6.45) is 4.47. The Morgan fingerprint density at radius 2 is 1.93 bits per heavy atom. The van der Waals surface area contributed by atoms with Crippen LogP contribution in [-0.4, -0.2) is 82.2 Å². The summed E-state index contributed by atoms with van der Waals surface area (Å²) in [5, 5.41) is -0.355. The van der Waals surface area contributed by atoms with Crippen LogP contribution in [0.5, 0.6) is 5.88 Å². The molecule has 0 amide bonds. The van der Waals surface area contributed by atoms with Gasteiger partial charge in [0.15, 0.2) is 21.0 Å². The summed E-state index contributed by atoms with van der Waals surface area (Å²) in [5.41, 5.74) is 1.49. The van der Waals surface area contributed by atoms with Crippen LogP contribution in [0.4, 0.5) is 5.95 Å². The topological polar surface area (TPSA) is 93.5 Å². The van der Waals surface area contributed by atoms with Gasteiger partial charge in [-0.1, -0.05) is 0 Å². The minimum absolute atomic E-state index is 0.0685. The van der Waals surface area contributed by atoms with Crippen molar-refractivity contribution in [3.63, 3.8) is 0 Å². The highest BCUT2D eigenvalue weighted by molar-refractivity contribution is 7.91. The minimum atomic E-state index is -3.07. The van der Waals surface area contributed by atoms with E-state index in [4.69, 9.17) is 9.72 Å². The zero-order valence-corrected chi connectivity index (χ0v) is 19.3. The molecule has 4 heterocycles. The van der Waals surface area contributed by atoms with E-state index in [9.17, 15) is 8.42 Å². The summed E-state index contributed by atoms with van der Waals surface area (Å²) in [7, 11) is -3.07. The molecule has 9 nitrogen and oxygen atoms in total. The van der Waals surface area contributed by atoms with E-state index in [-0.39, 0.29) is 16.9 Å². The lowest BCUT2D eigenvalue weighted by Crippen LogP contribution is -2.40. The maximum atomic E-state index is 12.0. The van der Waals surface area contributed by atoms with Crippen LogP contribution in [0.3, 0.4) is 0 Å². The molecule has 0 saturated carbocycles. The molecule has 2 aliphatic heterocycles. The van der Waals surface area contributed by atoms with Crippen molar-refractivity contribution in [1.29, 1.82) is 0 Å². The lowest BCUT2D eigenvalue weighted by Gasteiger charge is -2.31. The van der Waals surface area contributed by atoms with Crippen LogP contribution < -0.4 is 9.64 Å². The molecule has 2 unspecified atom stereocenters. The van der Waals surface area contributed by atoms with Gasteiger partial charge in [0.1, 0.15) is 12.4 Å². The number of aryl methyl sites for hydroxylation is 1. The van der Waals surface area contributed by atoms with Crippen molar-refractivity contribution in [3.05, 3.63) is 6.33 Å². The summed E-state index contributed by atoms with van der Waals surface area (Å²) in [4.78, 5) is 18.1. The summed E-state index contributed by atoms with van der Waals surface area (Å²) >= 11 is 0. The summed E-state index contributed by atoms with van der Waals surface area (Å²) < 4.78 is 32.3. The largest absolute Gasteiger partial charge is 0.471 e. The van der Waals surface area contributed by atoms with E-state index in [0.29, 0.717) is 37.5 Å². The average Bonchev–Trinajstić information content (AvgIpc) is 3.38. The molecule has 166 valence electrons. The summed E-state index contributed by atoms with van der Waals surface area (Å²) in [5.74, 6) is 1.25. The Morgan fingerprint density at radius 3 is 2.53 bits per heavy atom. The normalized spacial score (nSPS) is 23.6. The van der Waals surface area contributed by atoms with E-state index in [1.165, 1.54) is 12.6 Å². The highest BCUT2D eigenvalue weighted by atomic mass is 32.2. The Labute approximate surface area is 178 Å². The molecule has 2 saturated heterocycles. The first-order valence-electron chi connectivity index (χ1n) is 10.6. The van der Waals surface area contributed by atoms with Gasteiger partial charge < -0.3 is 9.64 Å². The summed E-state index contributed by atoms with van der Waals surface area (Å²) in [6, 6.07) is 0. The Balaban J connectivity index is 1.61. The van der Waals surface area contributed by atoms with Crippen molar-refractivity contribution in [3.8, 4) is 5.88 Å². The van der Waals surface area contributed by atoms with Gasteiger partial charge in [-0.2, -0.15) is 4.98 Å². The monoisotopic (exact) mass is 436 g/mol. The molecule has 30 heavy (non-hydrogen) atoms. The molecule has 2 fully saturated rings. The molecule has 2 aromatic heterocycles. The van der Waals surface area contributed by atoms with Crippen LogP contribution in [0.15, 0.2) is 6.33 Å². The average molecular weight is 437 g/mol. The highest BCUT2D eigenvalue weighted by Gasteiger charge is 2.34. The van der Waals surface area contributed by atoms with Gasteiger partial charge >= 0.3 is 0 Å². The van der Waals surface area contributed by atoms with E-state index in [2.05, 4.69) is 35.6 Å². The van der Waals surface area contributed by atoms with Crippen LogP contribution in [-0.2, 0) is 16.4 Å². The molecular weight excluding hydrogens is 404 g/mol. The molecule has 4 rings (SSSR count). The first-order chi connectivity index (χ1) is 14.1. The Kier molecular flexibility index (Phi) is 5.42. The molecule has 0 aromatic carbocycles. The molecule has 0 spiro atoms. The molecule has 0 radical (unpaired) electrons. The Hall–Kier alpha value is -1.94. The fourth-order valence-corrected chi connectivity index (χ4v) is 5.36. The highest BCUT2D eigenvalue weighted by Crippen LogP contribution is 2.31. The van der Waals surface area contributed by atoms with Gasteiger partial charge in [-0.25, -0.2) is 18.4 Å². The number of anilines is 1. The maximum absolute atomic E-state index is 12.0. The SMILES string of the molecule is CCn1c(N2CCC(S(C)(=O)=O)C2)nc2c(OC3CCN(C(C)(C)C)C3)ncnc21. The quantitative estimate of drug-likeness (QED) is 0.699. The third-order valence-electron chi connectivity index (χ3n) is 6.20. The zero-order chi connectivity index (χ0) is 21.7. The van der Waals surface area contributed by atoms with E-state index in [1.54, 1.807) is 0 Å². The predicted molar refractivity (Wildman–Crippen MR) is 117 cm³/mol. The van der Waals surface area contributed by atoms with Crippen LogP contribution in [0, 0.1) is 0 Å². The van der Waals surface area contributed by atoms with Crippen molar-refractivity contribution < 1.29 is 13.2 Å². The Bertz CT molecular complexity index is 1030. The smallest absolute Gasteiger partial charge is 0.245 e. The molecule has 2 aromatic rings. The maximum Gasteiger partial charge on any atom is 0.245 e. The third kappa shape index (κ3) is 3.99. The number of fused-ring (bicyclic) bond motifs is 1. The van der Waals surface area contributed by atoms with E-state index in [0.717, 1.165) is 31.1 Å². The lowest BCUT2D eigenvalue weighted by atomic mass is 10.1. The fraction of sp³-hybridized carbons (Fsp3) is 0.750. The number of imidazole rings is 1. The number of hydrogen-bond acceptors (Lipinski definition) is 8. The standard InChI is InChI=1S/C20H32N6O3S/c1-6-26-17-16(23-19(26)24-9-8-15(12-24)30(5,27)28)18(22-13-21-17)29-14-7-10-25(11-14)20(2,3)4/h13-15H,6-12H2,1-5H3. The molecule has 0 aliphatic carbocycles. The second-order valence-corrected chi connectivity index (χ2v) is 11.7. The number of sulfone groups is 1. The van der Waals surface area contributed by atoms with Gasteiger partial charge in [0, 0.05) is 44.5 Å². The van der Waals surface area contributed by atoms with Gasteiger partial charge in [0.2, 0.25) is 11.8 Å². The van der Waals surface area contributed by atoms with Crippen molar-refractivity contribution >= 4 is 26.9 Å². The van der Waals surface area contributed by atoms with Gasteiger partial charge in [0.25, 0.3) is 0 Å². The van der Waals surface area contributed by atoms with Crippen molar-refractivity contribution in [2.24, 2.45) is 0 Å². The van der Waals surface area contributed by atoms with Crippen molar-refractivity contribution in [2.75, 3.05) is 37.3 Å². The molecule has 0 bridgehead atoms. The summed E-state index contributed by atoms with van der Waals surface area (Å²) in [6.45, 7) is 12.3. The van der Waals surface area contributed by atoms with E-state index in [1.807, 2.05) is 16.4 Å². The molecule has 2 atom stereocenters. The second kappa shape index (κ2) is 7.64. The van der Waals surface area contributed by atoms with Gasteiger partial charge in [-0.05, 0) is 40.5 Å². The first-order valence-corrected chi connectivity index (χ1v) is 12.6. The number of hydrogen-bond donors (Lipinski definition) is 0. The van der Waals surface area contributed by atoms with Gasteiger partial charge in [-0.3, -0.25) is 9.47 Å². The fourth-order valence-electron chi connectivity index (χ4n) is 4.37. The van der Waals surface area contributed by atoms with Crippen LogP contribution in [0.2, 0.25) is 0 Å². The van der Waals surface area contributed by atoms with Crippen LogP contribution in [0.1, 0.15) is 40.5 Å². The van der Waals surface area contributed by atoms with Crippen molar-refractivity contribution in [2.45, 2.75) is 64.0 Å². The van der Waals surface area contributed by atoms with Gasteiger partial charge in [-0.15, -0.1) is 0 Å². The molecule has 10 heteroatoms. The number of aromatic nitrogens is 4. The minimum Gasteiger partial charge on any atom is -0.471 e. The number of ether oxygens (including phenoxy) is 1. The predicted octanol–water partition coefficient (Wildman–Crippen LogP) is 1.72. The van der Waals surface area contributed by atoms with Gasteiger partial charge in [0.05, 0.1) is 5.25 Å². The number of rotatable bonds is 5. The van der Waals surface area contributed by atoms with Crippen molar-refractivity contribution in [1.82, 2.24) is 24.4 Å². The van der Waals surface area contributed by atoms with E-state index >= 15 is 0 Å². The molecule has 0 N–H and O–H groups in total. The van der Waals surface area contributed by atoms with Crippen LogP contribution in [0.25, 0.3) is 11.2 Å². The zero-order valence-electron chi connectivity index (χ0n) is 18.5. The lowest BCUT2D eigenvalue weighted by molar-refractivity contribution is 0.139. The molecular formula is C20H32N6O3S. The number of nitrogens with zero attached hydrogens (tertiary/aromatic N) is 6. The first kappa shape index (κ1) is 21.3. The Morgan fingerprint density at radius 1 is 1.17 bits per heavy atom. The van der Waals surface area contributed by atoms with E-state index < -0.39 is 9.84 Å². The third-order valence-corrected chi connectivity index (χ3v) is 7.80. The van der Waals surface area contributed by atoms with Crippen LogP contribution >= 0.6 is 0 Å².